The summed E-state index contributed by atoms with van der Waals surface area (Å²) in [5.74, 6) is -2.58. The van der Waals surface area contributed by atoms with Crippen molar-refractivity contribution in [3.63, 3.8) is 0 Å². The van der Waals surface area contributed by atoms with Crippen LogP contribution in [0.2, 0.25) is 0 Å². The number of halogens is 2. The minimum atomic E-state index is -2.58. The summed E-state index contributed by atoms with van der Waals surface area (Å²) >= 11 is 1.43. The first-order chi connectivity index (χ1) is 7.51. The molecule has 0 saturated heterocycles. The first-order valence-electron chi connectivity index (χ1n) is 5.03. The Kier molecular flexibility index (Phi) is 2.98. The van der Waals surface area contributed by atoms with E-state index in [9.17, 15) is 8.78 Å². The van der Waals surface area contributed by atoms with Gasteiger partial charge in [-0.15, -0.1) is 11.3 Å². The van der Waals surface area contributed by atoms with Crippen LogP contribution in [-0.4, -0.2) is 24.6 Å². The zero-order valence-electron chi connectivity index (χ0n) is 9.00. The van der Waals surface area contributed by atoms with E-state index in [0.29, 0.717) is 12.3 Å². The van der Waals surface area contributed by atoms with Crippen molar-refractivity contribution in [1.29, 1.82) is 0 Å². The van der Waals surface area contributed by atoms with Crippen molar-refractivity contribution in [3.05, 3.63) is 16.1 Å². The van der Waals surface area contributed by atoms with Gasteiger partial charge < -0.3 is 10.5 Å². The molecule has 0 spiro atoms. The van der Waals surface area contributed by atoms with Crippen LogP contribution in [-0.2, 0) is 16.8 Å². The summed E-state index contributed by atoms with van der Waals surface area (Å²) in [7, 11) is 1.58. The van der Waals surface area contributed by atoms with Gasteiger partial charge in [-0.05, 0) is 0 Å². The van der Waals surface area contributed by atoms with Gasteiger partial charge >= 0.3 is 0 Å². The van der Waals surface area contributed by atoms with Crippen molar-refractivity contribution in [2.75, 3.05) is 13.7 Å². The number of hydrogen-bond donors (Lipinski definition) is 1. The van der Waals surface area contributed by atoms with Crippen LogP contribution in [0.4, 0.5) is 8.78 Å². The zero-order chi connectivity index (χ0) is 11.8. The molecule has 2 rings (SSSR count). The molecular formula is C10H14F2N2OS. The predicted octanol–water partition coefficient (Wildman–Crippen LogP) is 1.92. The third-order valence-corrected chi connectivity index (χ3v) is 3.77. The molecule has 0 radical (unpaired) electrons. The van der Waals surface area contributed by atoms with Crippen molar-refractivity contribution in [2.45, 2.75) is 30.8 Å². The number of nitrogens with two attached hydrogens (primary N) is 1. The van der Waals surface area contributed by atoms with Gasteiger partial charge in [0.25, 0.3) is 0 Å². The molecule has 0 aromatic carbocycles. The highest BCUT2D eigenvalue weighted by Gasteiger charge is 2.57. The molecule has 3 nitrogen and oxygen atoms in total. The Morgan fingerprint density at radius 3 is 2.75 bits per heavy atom. The Balaban J connectivity index is 2.16. The van der Waals surface area contributed by atoms with E-state index in [1.54, 1.807) is 7.11 Å². The fourth-order valence-corrected chi connectivity index (χ4v) is 3.00. The summed E-state index contributed by atoms with van der Waals surface area (Å²) in [5.41, 5.74) is 5.68. The first-order valence-corrected chi connectivity index (χ1v) is 5.91. The number of rotatable bonds is 4. The molecule has 0 atom stereocenters. The molecule has 90 valence electrons. The summed E-state index contributed by atoms with van der Waals surface area (Å²) in [6.45, 7) is 0.639. The number of ether oxygens (including phenoxy) is 1. The van der Waals surface area contributed by atoms with Crippen LogP contribution in [0.15, 0.2) is 5.38 Å². The SMILES string of the molecule is COCc1nc(C2(CN)CC(F)(F)C2)cs1. The Morgan fingerprint density at radius 1 is 1.56 bits per heavy atom. The number of methoxy groups -OCH3 is 1. The molecule has 1 aliphatic carbocycles. The fourth-order valence-electron chi connectivity index (χ4n) is 2.11. The Labute approximate surface area is 96.6 Å². The van der Waals surface area contributed by atoms with Gasteiger partial charge in [-0.3, -0.25) is 0 Å². The summed E-state index contributed by atoms with van der Waals surface area (Å²) in [6, 6.07) is 0. The number of alkyl halides is 2. The molecule has 1 fully saturated rings. The lowest BCUT2D eigenvalue weighted by atomic mass is 9.64. The van der Waals surface area contributed by atoms with Gasteiger partial charge in [-0.2, -0.15) is 0 Å². The number of thiazole rings is 1. The molecule has 0 aliphatic heterocycles. The van der Waals surface area contributed by atoms with Gasteiger partial charge in [-0.1, -0.05) is 0 Å². The van der Waals surface area contributed by atoms with Crippen LogP contribution in [0.3, 0.4) is 0 Å². The van der Waals surface area contributed by atoms with E-state index in [1.807, 2.05) is 5.38 Å². The molecule has 0 bridgehead atoms. The lowest BCUT2D eigenvalue weighted by molar-refractivity contribution is -0.124. The van der Waals surface area contributed by atoms with Crippen molar-refractivity contribution < 1.29 is 13.5 Å². The van der Waals surface area contributed by atoms with E-state index in [0.717, 1.165) is 5.01 Å². The van der Waals surface area contributed by atoms with E-state index >= 15 is 0 Å². The van der Waals surface area contributed by atoms with Crippen molar-refractivity contribution in [2.24, 2.45) is 5.73 Å². The lowest BCUT2D eigenvalue weighted by Crippen LogP contribution is -2.53. The maximum absolute atomic E-state index is 13.0. The van der Waals surface area contributed by atoms with Crippen LogP contribution in [0.25, 0.3) is 0 Å². The molecule has 1 aliphatic rings. The minimum absolute atomic E-state index is 0.188. The minimum Gasteiger partial charge on any atom is -0.378 e. The molecule has 1 heterocycles. The molecular weight excluding hydrogens is 234 g/mol. The van der Waals surface area contributed by atoms with Crippen molar-refractivity contribution in [3.8, 4) is 0 Å². The Hall–Kier alpha value is -0.590. The third-order valence-electron chi connectivity index (χ3n) is 2.95. The van der Waals surface area contributed by atoms with Gasteiger partial charge in [0.05, 0.1) is 12.3 Å². The van der Waals surface area contributed by atoms with Crippen LogP contribution in [0.5, 0.6) is 0 Å². The monoisotopic (exact) mass is 248 g/mol. The standard InChI is InChI=1S/C10H14F2N2OS/c1-15-2-8-14-7(3-16-8)9(6-13)4-10(11,12)5-9/h3H,2,4-6,13H2,1H3. The maximum atomic E-state index is 13.0. The van der Waals surface area contributed by atoms with E-state index in [-0.39, 0.29) is 19.4 Å². The summed E-state index contributed by atoms with van der Waals surface area (Å²) in [5, 5.41) is 2.62. The summed E-state index contributed by atoms with van der Waals surface area (Å²) in [6.07, 6.45) is -0.376. The second-order valence-electron chi connectivity index (χ2n) is 4.25. The molecule has 0 amide bonds. The van der Waals surface area contributed by atoms with Crippen LogP contribution < -0.4 is 5.73 Å². The van der Waals surface area contributed by atoms with Crippen LogP contribution in [0, 0.1) is 0 Å². The van der Waals surface area contributed by atoms with Gasteiger partial charge in [-0.25, -0.2) is 13.8 Å². The molecule has 6 heteroatoms. The number of nitrogens with zero attached hydrogens (tertiary/aromatic N) is 1. The van der Waals surface area contributed by atoms with Gasteiger partial charge in [0, 0.05) is 37.3 Å². The summed E-state index contributed by atoms with van der Waals surface area (Å²) in [4.78, 5) is 4.31. The highest BCUT2D eigenvalue weighted by molar-refractivity contribution is 7.09. The molecule has 2 N–H and O–H groups in total. The van der Waals surface area contributed by atoms with Gasteiger partial charge in [0.1, 0.15) is 5.01 Å². The topological polar surface area (TPSA) is 48.1 Å². The lowest BCUT2D eigenvalue weighted by Gasteiger charge is -2.45. The summed E-state index contributed by atoms with van der Waals surface area (Å²) < 4.78 is 30.9. The Bertz CT molecular complexity index is 373. The van der Waals surface area contributed by atoms with Crippen LogP contribution in [0.1, 0.15) is 23.5 Å². The number of hydrogen-bond acceptors (Lipinski definition) is 4. The highest BCUT2D eigenvalue weighted by atomic mass is 32.1. The van der Waals surface area contributed by atoms with E-state index in [1.165, 1.54) is 11.3 Å². The van der Waals surface area contributed by atoms with Crippen molar-refractivity contribution >= 4 is 11.3 Å². The van der Waals surface area contributed by atoms with Crippen LogP contribution >= 0.6 is 11.3 Å². The fraction of sp³-hybridized carbons (Fsp3) is 0.700. The molecule has 1 aromatic rings. The van der Waals surface area contributed by atoms with E-state index in [2.05, 4.69) is 4.98 Å². The second-order valence-corrected chi connectivity index (χ2v) is 5.20. The quantitative estimate of drug-likeness (QED) is 0.885. The molecule has 1 aromatic heterocycles. The molecule has 16 heavy (non-hydrogen) atoms. The molecule has 0 unspecified atom stereocenters. The molecule has 1 saturated carbocycles. The third kappa shape index (κ3) is 1.97. The van der Waals surface area contributed by atoms with Gasteiger partial charge in [0.15, 0.2) is 0 Å². The normalized spacial score (nSPS) is 21.8. The Morgan fingerprint density at radius 2 is 2.25 bits per heavy atom. The van der Waals surface area contributed by atoms with E-state index < -0.39 is 11.3 Å². The second kappa shape index (κ2) is 4.01. The average molecular weight is 248 g/mol. The highest BCUT2D eigenvalue weighted by Crippen LogP contribution is 2.52. The average Bonchev–Trinajstić information content (AvgIpc) is 2.63. The largest absolute Gasteiger partial charge is 0.378 e. The first kappa shape index (κ1) is 11.9. The number of aromatic nitrogens is 1. The van der Waals surface area contributed by atoms with E-state index in [4.69, 9.17) is 10.5 Å². The smallest absolute Gasteiger partial charge is 0.250 e. The van der Waals surface area contributed by atoms with Crippen molar-refractivity contribution in [1.82, 2.24) is 4.98 Å². The van der Waals surface area contributed by atoms with Gasteiger partial charge in [0.2, 0.25) is 5.92 Å². The maximum Gasteiger partial charge on any atom is 0.250 e. The zero-order valence-corrected chi connectivity index (χ0v) is 9.82. The predicted molar refractivity (Wildman–Crippen MR) is 57.7 cm³/mol.